The zero-order valence-corrected chi connectivity index (χ0v) is 11.7. The van der Waals surface area contributed by atoms with Crippen LogP contribution < -0.4 is 11.1 Å². The molecule has 19 heavy (non-hydrogen) atoms. The number of carboxylic acids is 1. The fourth-order valence-electron chi connectivity index (χ4n) is 2.43. The van der Waals surface area contributed by atoms with Crippen molar-refractivity contribution in [3.63, 3.8) is 0 Å². The lowest BCUT2D eigenvalue weighted by Crippen LogP contribution is -2.29. The van der Waals surface area contributed by atoms with Gasteiger partial charge in [0.05, 0.1) is 17.4 Å². The highest BCUT2D eigenvalue weighted by molar-refractivity contribution is 7.99. The van der Waals surface area contributed by atoms with Crippen LogP contribution >= 0.6 is 11.8 Å². The van der Waals surface area contributed by atoms with Gasteiger partial charge >= 0.3 is 5.97 Å². The number of nitrogen functional groups attached to an aromatic ring is 1. The lowest BCUT2D eigenvalue weighted by molar-refractivity contribution is 0.0698. The van der Waals surface area contributed by atoms with Crippen molar-refractivity contribution in [2.75, 3.05) is 17.3 Å². The third-order valence-electron chi connectivity index (χ3n) is 3.48. The molecule has 0 spiro atoms. The third kappa shape index (κ3) is 3.53. The predicted molar refractivity (Wildman–Crippen MR) is 78.8 cm³/mol. The minimum atomic E-state index is -1.02. The molecule has 1 heterocycles. The lowest BCUT2D eigenvalue weighted by Gasteiger charge is -2.29. The van der Waals surface area contributed by atoms with E-state index in [9.17, 15) is 4.79 Å². The van der Waals surface area contributed by atoms with Gasteiger partial charge in [-0.25, -0.2) is 9.78 Å². The van der Waals surface area contributed by atoms with Gasteiger partial charge in [-0.2, -0.15) is 11.8 Å². The predicted octanol–water partition coefficient (Wildman–Crippen LogP) is 2.45. The van der Waals surface area contributed by atoms with Crippen molar-refractivity contribution in [2.45, 2.75) is 37.0 Å². The Bertz CT molecular complexity index is 467. The summed E-state index contributed by atoms with van der Waals surface area (Å²) in [7, 11) is 0. The number of carboxylic acid groups (broad SMARTS) is 1. The second-order valence-corrected chi connectivity index (χ2v) is 5.97. The zero-order chi connectivity index (χ0) is 13.8. The van der Waals surface area contributed by atoms with Gasteiger partial charge in [0.25, 0.3) is 0 Å². The smallest absolute Gasteiger partial charge is 0.337 e. The first-order chi connectivity index (χ1) is 9.10. The number of nitrogens with zero attached hydrogens (tertiary/aromatic N) is 1. The van der Waals surface area contributed by atoms with Gasteiger partial charge in [-0.3, -0.25) is 0 Å². The summed E-state index contributed by atoms with van der Waals surface area (Å²) < 4.78 is 0. The Morgan fingerprint density at radius 3 is 3.05 bits per heavy atom. The number of hydrogen-bond donors (Lipinski definition) is 3. The first kappa shape index (κ1) is 14.0. The number of nitrogens with two attached hydrogens (primary N) is 1. The van der Waals surface area contributed by atoms with E-state index in [0.29, 0.717) is 17.1 Å². The highest BCUT2D eigenvalue weighted by atomic mass is 32.2. The Morgan fingerprint density at radius 2 is 2.37 bits per heavy atom. The van der Waals surface area contributed by atoms with Crippen LogP contribution in [0.3, 0.4) is 0 Å². The molecular formula is C13H19N3O2S. The van der Waals surface area contributed by atoms with Crippen molar-refractivity contribution in [1.29, 1.82) is 0 Å². The molecule has 1 aromatic rings. The summed E-state index contributed by atoms with van der Waals surface area (Å²) in [6, 6.07) is 1.88. The van der Waals surface area contributed by atoms with Crippen LogP contribution in [0.5, 0.6) is 0 Å². The van der Waals surface area contributed by atoms with Crippen molar-refractivity contribution >= 4 is 29.2 Å². The van der Waals surface area contributed by atoms with E-state index in [1.54, 1.807) is 0 Å². The number of anilines is 2. The molecule has 5 nitrogen and oxygen atoms in total. The maximum absolute atomic E-state index is 11.0. The normalized spacial score (nSPS) is 23.0. The van der Waals surface area contributed by atoms with Gasteiger partial charge in [-0.15, -0.1) is 0 Å². The van der Waals surface area contributed by atoms with E-state index in [1.165, 1.54) is 25.1 Å². The highest BCUT2D eigenvalue weighted by Gasteiger charge is 2.21. The van der Waals surface area contributed by atoms with Crippen LogP contribution in [0.2, 0.25) is 0 Å². The second-order valence-electron chi connectivity index (χ2n) is 4.83. The molecule has 1 aromatic heterocycles. The molecule has 2 rings (SSSR count). The van der Waals surface area contributed by atoms with E-state index in [2.05, 4.69) is 16.6 Å². The lowest BCUT2D eigenvalue weighted by atomic mass is 9.95. The molecule has 0 aromatic carbocycles. The van der Waals surface area contributed by atoms with Crippen molar-refractivity contribution in [3.8, 4) is 0 Å². The maximum atomic E-state index is 11.0. The van der Waals surface area contributed by atoms with Crippen molar-refractivity contribution in [3.05, 3.63) is 17.8 Å². The number of pyridine rings is 1. The molecule has 2 atom stereocenters. The van der Waals surface area contributed by atoms with Gasteiger partial charge in [0, 0.05) is 11.3 Å². The van der Waals surface area contributed by atoms with Gasteiger partial charge in [0.2, 0.25) is 0 Å². The summed E-state index contributed by atoms with van der Waals surface area (Å²) in [5.41, 5.74) is 5.90. The average molecular weight is 281 g/mol. The Labute approximate surface area is 117 Å². The molecule has 0 bridgehead atoms. The van der Waals surface area contributed by atoms with E-state index in [-0.39, 0.29) is 11.3 Å². The zero-order valence-electron chi connectivity index (χ0n) is 10.9. The molecule has 4 N–H and O–H groups in total. The summed E-state index contributed by atoms with van der Waals surface area (Å²) in [5.74, 6) is -0.424. The fourth-order valence-corrected chi connectivity index (χ4v) is 3.26. The first-order valence-electron chi connectivity index (χ1n) is 6.38. The average Bonchev–Trinajstić information content (AvgIpc) is 2.41. The van der Waals surface area contributed by atoms with Gasteiger partial charge in [0.1, 0.15) is 5.82 Å². The summed E-state index contributed by atoms with van der Waals surface area (Å²) in [6.45, 7) is 0. The Balaban J connectivity index is 2.06. The van der Waals surface area contributed by atoms with Crippen LogP contribution in [0.1, 0.15) is 36.0 Å². The number of thioether (sulfide) groups is 1. The van der Waals surface area contributed by atoms with Gasteiger partial charge in [-0.05, 0) is 31.6 Å². The fraction of sp³-hybridized carbons (Fsp3) is 0.538. The molecule has 104 valence electrons. The minimum absolute atomic E-state index is 0.106. The molecule has 0 aliphatic heterocycles. The Hall–Kier alpha value is -1.43. The molecule has 0 amide bonds. The number of aromatic carboxylic acids is 1. The van der Waals surface area contributed by atoms with Gasteiger partial charge in [0.15, 0.2) is 0 Å². The number of nitrogens with one attached hydrogen (secondary N) is 1. The van der Waals surface area contributed by atoms with E-state index in [4.69, 9.17) is 10.8 Å². The van der Waals surface area contributed by atoms with Gasteiger partial charge in [-0.1, -0.05) is 6.42 Å². The first-order valence-corrected chi connectivity index (χ1v) is 7.67. The monoisotopic (exact) mass is 281 g/mol. The second kappa shape index (κ2) is 6.14. The summed E-state index contributed by atoms with van der Waals surface area (Å²) in [5, 5.41) is 13.0. The van der Waals surface area contributed by atoms with Crippen LogP contribution in [0, 0.1) is 0 Å². The number of aromatic nitrogens is 1. The van der Waals surface area contributed by atoms with Gasteiger partial charge < -0.3 is 16.2 Å². The Morgan fingerprint density at radius 1 is 1.58 bits per heavy atom. The van der Waals surface area contributed by atoms with Crippen molar-refractivity contribution in [1.82, 2.24) is 4.98 Å². The summed E-state index contributed by atoms with van der Waals surface area (Å²) in [6.07, 6.45) is 8.19. The summed E-state index contributed by atoms with van der Waals surface area (Å²) >= 11 is 1.90. The SMILES string of the molecule is CSC1CCCC(Nc2cc(C(=O)O)c(N)cn2)C1. The van der Waals surface area contributed by atoms with E-state index >= 15 is 0 Å². The molecule has 1 saturated carbocycles. The van der Waals surface area contributed by atoms with Crippen LogP contribution in [0.4, 0.5) is 11.5 Å². The quantitative estimate of drug-likeness (QED) is 0.785. The highest BCUT2D eigenvalue weighted by Crippen LogP contribution is 2.28. The molecule has 6 heteroatoms. The third-order valence-corrected chi connectivity index (χ3v) is 4.57. The van der Waals surface area contributed by atoms with E-state index < -0.39 is 5.97 Å². The van der Waals surface area contributed by atoms with Crippen molar-refractivity contribution < 1.29 is 9.90 Å². The topological polar surface area (TPSA) is 88.2 Å². The van der Waals surface area contributed by atoms with Crippen LogP contribution in [0.25, 0.3) is 0 Å². The largest absolute Gasteiger partial charge is 0.478 e. The van der Waals surface area contributed by atoms with E-state index in [1.807, 2.05) is 11.8 Å². The number of hydrogen-bond acceptors (Lipinski definition) is 5. The Kier molecular flexibility index (Phi) is 4.52. The molecule has 0 saturated heterocycles. The molecule has 1 aliphatic carbocycles. The summed E-state index contributed by atoms with van der Waals surface area (Å²) in [4.78, 5) is 15.2. The minimum Gasteiger partial charge on any atom is -0.478 e. The number of carbonyl (C=O) groups is 1. The maximum Gasteiger partial charge on any atom is 0.337 e. The standard InChI is InChI=1S/C13H19N3O2S/c1-19-9-4-2-3-8(5-9)16-12-6-10(13(17)18)11(14)7-15-12/h6-9H,2-5,14H2,1H3,(H,15,16)(H,17,18). The van der Waals surface area contributed by atoms with Crippen LogP contribution in [-0.4, -0.2) is 33.6 Å². The molecule has 1 fully saturated rings. The molecular weight excluding hydrogens is 262 g/mol. The van der Waals surface area contributed by atoms with E-state index in [0.717, 1.165) is 12.8 Å². The number of rotatable bonds is 4. The molecule has 2 unspecified atom stereocenters. The van der Waals surface area contributed by atoms with Crippen molar-refractivity contribution in [2.24, 2.45) is 0 Å². The van der Waals surface area contributed by atoms with Crippen LogP contribution in [-0.2, 0) is 0 Å². The van der Waals surface area contributed by atoms with Crippen LogP contribution in [0.15, 0.2) is 12.3 Å². The molecule has 1 aliphatic rings. The molecule has 0 radical (unpaired) electrons.